The van der Waals surface area contributed by atoms with Crippen LogP contribution in [-0.4, -0.2) is 37.0 Å². The molecule has 0 fully saturated rings. The molecular weight excluding hydrogens is 344 g/mol. The fraction of sp³-hybridized carbons (Fsp3) is 0.529. The van der Waals surface area contributed by atoms with Crippen LogP contribution in [0.15, 0.2) is 29.2 Å². The van der Waals surface area contributed by atoms with Crippen molar-refractivity contribution in [1.29, 1.82) is 0 Å². The smallest absolute Gasteiger partial charge is 0.305 e. The van der Waals surface area contributed by atoms with Gasteiger partial charge in [0.2, 0.25) is 10.0 Å². The van der Waals surface area contributed by atoms with E-state index in [2.05, 4.69) is 10.0 Å². The minimum absolute atomic E-state index is 0.00863. The van der Waals surface area contributed by atoms with Crippen LogP contribution in [-0.2, 0) is 14.8 Å². The van der Waals surface area contributed by atoms with Crippen LogP contribution in [0, 0.1) is 0 Å². The second kappa shape index (κ2) is 8.44. The third kappa shape index (κ3) is 5.82. The maximum Gasteiger partial charge on any atom is 0.305 e. The summed E-state index contributed by atoms with van der Waals surface area (Å²) in [7, 11) is -3.71. The molecule has 8 heteroatoms. The van der Waals surface area contributed by atoms with Crippen molar-refractivity contribution in [1.82, 2.24) is 10.0 Å². The number of carbonyl (C=O) groups excluding carboxylic acids is 1. The van der Waals surface area contributed by atoms with Gasteiger partial charge in [-0.05, 0) is 44.9 Å². The molecule has 3 N–H and O–H groups in total. The van der Waals surface area contributed by atoms with Gasteiger partial charge in [0.15, 0.2) is 0 Å². The Balaban J connectivity index is 3.11. The fourth-order valence-electron chi connectivity index (χ4n) is 2.51. The van der Waals surface area contributed by atoms with Gasteiger partial charge in [-0.15, -0.1) is 0 Å². The standard InChI is InChI=1S/C17H26N2O5S/c1-5-17(6-2,11-15(20)21)18-16(22)13-8-7-9-14(10-13)25(23,24)19-12(3)4/h7-10,12,19H,5-6,11H2,1-4H3,(H,18,22)(H,20,21). The van der Waals surface area contributed by atoms with Crippen LogP contribution in [0.4, 0.5) is 0 Å². The predicted molar refractivity (Wildman–Crippen MR) is 94.9 cm³/mol. The van der Waals surface area contributed by atoms with E-state index in [0.29, 0.717) is 12.8 Å². The molecule has 0 bridgehead atoms. The molecule has 0 aliphatic rings. The minimum Gasteiger partial charge on any atom is -0.481 e. The van der Waals surface area contributed by atoms with Crippen molar-refractivity contribution in [3.05, 3.63) is 29.8 Å². The second-order valence-corrected chi connectivity index (χ2v) is 8.03. The van der Waals surface area contributed by atoms with E-state index in [0.717, 1.165) is 0 Å². The number of hydrogen-bond acceptors (Lipinski definition) is 4. The molecule has 1 aromatic rings. The predicted octanol–water partition coefficient (Wildman–Crippen LogP) is 2.14. The van der Waals surface area contributed by atoms with Gasteiger partial charge >= 0.3 is 5.97 Å². The molecule has 0 aliphatic heterocycles. The number of carbonyl (C=O) groups is 2. The van der Waals surface area contributed by atoms with E-state index in [1.807, 2.05) is 0 Å². The third-order valence-electron chi connectivity index (χ3n) is 4.02. The van der Waals surface area contributed by atoms with E-state index in [4.69, 9.17) is 5.11 Å². The summed E-state index contributed by atoms with van der Waals surface area (Å²) in [5.41, 5.74) is -0.697. The molecule has 0 aromatic heterocycles. The number of sulfonamides is 1. The van der Waals surface area contributed by atoms with Gasteiger partial charge in [-0.2, -0.15) is 0 Å². The number of benzene rings is 1. The summed E-state index contributed by atoms with van der Waals surface area (Å²) in [6.07, 6.45) is 0.710. The van der Waals surface area contributed by atoms with Crippen molar-refractivity contribution >= 4 is 21.9 Å². The van der Waals surface area contributed by atoms with E-state index in [-0.39, 0.29) is 22.9 Å². The topological polar surface area (TPSA) is 113 Å². The first kappa shape index (κ1) is 21.1. The first-order chi connectivity index (χ1) is 11.5. The summed E-state index contributed by atoms with van der Waals surface area (Å²) >= 11 is 0. The van der Waals surface area contributed by atoms with Crippen molar-refractivity contribution in [3.63, 3.8) is 0 Å². The number of hydrogen-bond donors (Lipinski definition) is 3. The molecule has 25 heavy (non-hydrogen) atoms. The quantitative estimate of drug-likeness (QED) is 0.616. The van der Waals surface area contributed by atoms with Crippen LogP contribution in [0.25, 0.3) is 0 Å². The summed E-state index contributed by atoms with van der Waals surface area (Å²) in [5, 5.41) is 11.9. The van der Waals surface area contributed by atoms with Gasteiger partial charge in [0.05, 0.1) is 16.9 Å². The largest absolute Gasteiger partial charge is 0.481 e. The van der Waals surface area contributed by atoms with E-state index >= 15 is 0 Å². The fourth-order valence-corrected chi connectivity index (χ4v) is 3.80. The lowest BCUT2D eigenvalue weighted by Crippen LogP contribution is -2.49. The molecule has 0 heterocycles. The molecule has 1 aromatic carbocycles. The van der Waals surface area contributed by atoms with Crippen molar-refractivity contribution in [2.75, 3.05) is 0 Å². The maximum absolute atomic E-state index is 12.5. The third-order valence-corrected chi connectivity index (χ3v) is 5.68. The molecular formula is C17H26N2O5S. The number of aliphatic carboxylic acids is 1. The molecule has 140 valence electrons. The van der Waals surface area contributed by atoms with Crippen LogP contribution in [0.1, 0.15) is 57.3 Å². The van der Waals surface area contributed by atoms with Crippen LogP contribution in [0.3, 0.4) is 0 Å². The molecule has 0 atom stereocenters. The number of rotatable bonds is 9. The zero-order chi connectivity index (χ0) is 19.3. The summed E-state index contributed by atoms with van der Waals surface area (Å²) in [5.74, 6) is -1.49. The first-order valence-corrected chi connectivity index (χ1v) is 9.70. The monoisotopic (exact) mass is 370 g/mol. The van der Waals surface area contributed by atoms with E-state index < -0.39 is 27.4 Å². The Labute approximate surface area is 148 Å². The molecule has 0 saturated heterocycles. The number of carboxylic acids is 1. The van der Waals surface area contributed by atoms with Crippen molar-refractivity contribution in [3.8, 4) is 0 Å². The highest BCUT2D eigenvalue weighted by atomic mass is 32.2. The zero-order valence-electron chi connectivity index (χ0n) is 15.0. The van der Waals surface area contributed by atoms with Crippen molar-refractivity contribution < 1.29 is 23.1 Å². The van der Waals surface area contributed by atoms with Gasteiger partial charge in [-0.3, -0.25) is 9.59 Å². The lowest BCUT2D eigenvalue weighted by molar-refractivity contribution is -0.138. The Morgan fingerprint density at radius 1 is 1.20 bits per heavy atom. The van der Waals surface area contributed by atoms with Gasteiger partial charge < -0.3 is 10.4 Å². The number of amides is 1. The molecule has 1 rings (SSSR count). The normalized spacial score (nSPS) is 12.2. The van der Waals surface area contributed by atoms with Gasteiger partial charge in [0, 0.05) is 11.6 Å². The second-order valence-electron chi connectivity index (χ2n) is 6.32. The maximum atomic E-state index is 12.5. The summed E-state index contributed by atoms with van der Waals surface area (Å²) in [4.78, 5) is 23.6. The molecule has 0 aliphatic carbocycles. The Bertz CT molecular complexity index is 724. The average molecular weight is 370 g/mol. The van der Waals surface area contributed by atoms with Crippen molar-refractivity contribution in [2.24, 2.45) is 0 Å². The Kier molecular flexibility index (Phi) is 7.13. The van der Waals surface area contributed by atoms with Crippen LogP contribution in [0.5, 0.6) is 0 Å². The Morgan fingerprint density at radius 2 is 1.80 bits per heavy atom. The Hall–Kier alpha value is -1.93. The summed E-state index contributed by atoms with van der Waals surface area (Å²) in [6, 6.07) is 5.41. The van der Waals surface area contributed by atoms with Crippen LogP contribution in [0.2, 0.25) is 0 Å². The first-order valence-electron chi connectivity index (χ1n) is 8.22. The van der Waals surface area contributed by atoms with E-state index in [1.165, 1.54) is 24.3 Å². The molecule has 7 nitrogen and oxygen atoms in total. The number of nitrogens with one attached hydrogen (secondary N) is 2. The summed E-state index contributed by atoms with van der Waals surface area (Å²) < 4.78 is 26.9. The van der Waals surface area contributed by atoms with Gasteiger partial charge in [0.25, 0.3) is 5.91 Å². The van der Waals surface area contributed by atoms with Crippen LogP contribution < -0.4 is 10.0 Å². The SMILES string of the molecule is CCC(CC)(CC(=O)O)NC(=O)c1cccc(S(=O)(=O)NC(C)C)c1. The van der Waals surface area contributed by atoms with Gasteiger partial charge in [-0.1, -0.05) is 19.9 Å². The molecule has 0 radical (unpaired) electrons. The highest BCUT2D eigenvalue weighted by molar-refractivity contribution is 7.89. The molecule has 1 amide bonds. The summed E-state index contributed by atoms with van der Waals surface area (Å²) in [6.45, 7) is 7.02. The Morgan fingerprint density at radius 3 is 2.28 bits per heavy atom. The lowest BCUT2D eigenvalue weighted by Gasteiger charge is -2.31. The van der Waals surface area contributed by atoms with Crippen molar-refractivity contribution in [2.45, 2.75) is 63.4 Å². The average Bonchev–Trinajstić information content (AvgIpc) is 2.52. The van der Waals surface area contributed by atoms with E-state index in [1.54, 1.807) is 27.7 Å². The highest BCUT2D eigenvalue weighted by Crippen LogP contribution is 2.21. The van der Waals surface area contributed by atoms with Gasteiger partial charge in [-0.25, -0.2) is 13.1 Å². The van der Waals surface area contributed by atoms with E-state index in [9.17, 15) is 18.0 Å². The molecule has 0 unspecified atom stereocenters. The minimum atomic E-state index is -3.71. The lowest BCUT2D eigenvalue weighted by atomic mass is 9.88. The van der Waals surface area contributed by atoms with Crippen LogP contribution >= 0.6 is 0 Å². The number of carboxylic acid groups (broad SMARTS) is 1. The molecule has 0 saturated carbocycles. The molecule has 0 spiro atoms. The highest BCUT2D eigenvalue weighted by Gasteiger charge is 2.31. The zero-order valence-corrected chi connectivity index (χ0v) is 15.8. The van der Waals surface area contributed by atoms with Gasteiger partial charge in [0.1, 0.15) is 0 Å².